The molecule has 0 aliphatic rings. The predicted octanol–water partition coefficient (Wildman–Crippen LogP) is 3.33. The summed E-state index contributed by atoms with van der Waals surface area (Å²) in [5.74, 6) is -1.28. The molecule has 104 valence electrons. The lowest BCUT2D eigenvalue weighted by Crippen LogP contribution is -2.46. The number of carboxylic acids is 1. The number of carboxylic acid groups (broad SMARTS) is 1. The van der Waals surface area contributed by atoms with E-state index in [2.05, 4.69) is 26.6 Å². The predicted molar refractivity (Wildman–Crippen MR) is 77.6 cm³/mol. The van der Waals surface area contributed by atoms with E-state index >= 15 is 0 Å². The molecule has 0 radical (unpaired) electrons. The third-order valence-electron chi connectivity index (χ3n) is 2.40. The van der Waals surface area contributed by atoms with E-state index in [0.717, 1.165) is 0 Å². The van der Waals surface area contributed by atoms with Crippen molar-refractivity contribution in [3.8, 4) is 0 Å². The Labute approximate surface area is 124 Å². The van der Waals surface area contributed by atoms with E-state index in [1.807, 2.05) is 0 Å². The second-order valence-electron chi connectivity index (χ2n) is 4.28. The largest absolute Gasteiger partial charge is 0.480 e. The summed E-state index contributed by atoms with van der Waals surface area (Å²) in [5, 5.41) is 14.5. The molecule has 0 heterocycles. The number of benzene rings is 1. The normalized spacial score (nSPS) is 12.1. The number of hydrogen-bond acceptors (Lipinski definition) is 2. The van der Waals surface area contributed by atoms with Crippen LogP contribution in [0.5, 0.6) is 0 Å². The molecule has 1 rings (SSSR count). The van der Waals surface area contributed by atoms with E-state index in [1.54, 1.807) is 32.0 Å². The zero-order valence-electron chi connectivity index (χ0n) is 10.4. The molecule has 0 spiro atoms. The van der Waals surface area contributed by atoms with Crippen molar-refractivity contribution in [2.75, 3.05) is 5.32 Å². The third-order valence-corrected chi connectivity index (χ3v) is 3.29. The van der Waals surface area contributed by atoms with Gasteiger partial charge in [0, 0.05) is 9.50 Å². The lowest BCUT2D eigenvalue weighted by Gasteiger charge is -2.18. The van der Waals surface area contributed by atoms with Crippen LogP contribution in [0.2, 0.25) is 5.02 Å². The standard InChI is InChI=1S/C12H14BrClN2O3/c1-6(2)10(11(17)18)16-12(19)15-9-4-3-7(14)5-8(9)13/h3-6,10H,1-2H3,(H,17,18)(H2,15,16,19)/t10-/m0/s1. The van der Waals surface area contributed by atoms with E-state index in [0.29, 0.717) is 15.2 Å². The van der Waals surface area contributed by atoms with Crippen LogP contribution in [-0.2, 0) is 4.79 Å². The third kappa shape index (κ3) is 4.72. The number of nitrogens with one attached hydrogen (secondary N) is 2. The maximum absolute atomic E-state index is 11.7. The van der Waals surface area contributed by atoms with Crippen LogP contribution in [0.25, 0.3) is 0 Å². The van der Waals surface area contributed by atoms with Crippen molar-refractivity contribution in [3.05, 3.63) is 27.7 Å². The minimum atomic E-state index is -1.07. The molecule has 3 N–H and O–H groups in total. The number of halogens is 2. The van der Waals surface area contributed by atoms with Gasteiger partial charge in [-0.15, -0.1) is 0 Å². The van der Waals surface area contributed by atoms with E-state index in [1.165, 1.54) is 0 Å². The molecule has 19 heavy (non-hydrogen) atoms. The zero-order valence-corrected chi connectivity index (χ0v) is 12.7. The maximum Gasteiger partial charge on any atom is 0.326 e. The van der Waals surface area contributed by atoms with E-state index in [-0.39, 0.29) is 5.92 Å². The Balaban J connectivity index is 2.72. The van der Waals surface area contributed by atoms with Gasteiger partial charge in [-0.25, -0.2) is 9.59 Å². The Morgan fingerprint density at radius 3 is 2.47 bits per heavy atom. The molecule has 5 nitrogen and oxygen atoms in total. The van der Waals surface area contributed by atoms with Gasteiger partial charge in [0.15, 0.2) is 0 Å². The maximum atomic E-state index is 11.7. The molecule has 0 aliphatic heterocycles. The van der Waals surface area contributed by atoms with Crippen molar-refractivity contribution in [1.29, 1.82) is 0 Å². The lowest BCUT2D eigenvalue weighted by molar-refractivity contribution is -0.140. The highest BCUT2D eigenvalue weighted by molar-refractivity contribution is 9.10. The number of anilines is 1. The van der Waals surface area contributed by atoms with Crippen LogP contribution in [0.15, 0.2) is 22.7 Å². The average molecular weight is 350 g/mol. The number of aliphatic carboxylic acids is 1. The second kappa shape index (κ2) is 6.77. The Kier molecular flexibility index (Phi) is 5.62. The number of urea groups is 1. The molecular weight excluding hydrogens is 336 g/mol. The highest BCUT2D eigenvalue weighted by Crippen LogP contribution is 2.25. The molecular formula is C12H14BrClN2O3. The van der Waals surface area contributed by atoms with Crippen molar-refractivity contribution >= 4 is 45.2 Å². The number of rotatable bonds is 4. The van der Waals surface area contributed by atoms with Gasteiger partial charge in [-0.05, 0) is 40.0 Å². The summed E-state index contributed by atoms with van der Waals surface area (Å²) >= 11 is 9.04. The summed E-state index contributed by atoms with van der Waals surface area (Å²) in [7, 11) is 0. The van der Waals surface area contributed by atoms with Gasteiger partial charge >= 0.3 is 12.0 Å². The number of hydrogen-bond donors (Lipinski definition) is 3. The fourth-order valence-electron chi connectivity index (χ4n) is 1.40. The molecule has 1 aromatic rings. The highest BCUT2D eigenvalue weighted by Gasteiger charge is 2.23. The van der Waals surface area contributed by atoms with Crippen molar-refractivity contribution < 1.29 is 14.7 Å². The summed E-state index contributed by atoms with van der Waals surface area (Å²) < 4.78 is 0.617. The van der Waals surface area contributed by atoms with Gasteiger partial charge in [-0.2, -0.15) is 0 Å². The lowest BCUT2D eigenvalue weighted by atomic mass is 10.1. The van der Waals surface area contributed by atoms with Crippen LogP contribution in [-0.4, -0.2) is 23.1 Å². The van der Waals surface area contributed by atoms with E-state index < -0.39 is 18.0 Å². The van der Waals surface area contributed by atoms with Crippen LogP contribution in [0.4, 0.5) is 10.5 Å². The van der Waals surface area contributed by atoms with Crippen LogP contribution in [0, 0.1) is 5.92 Å². The zero-order chi connectivity index (χ0) is 14.6. The molecule has 0 fully saturated rings. The first-order chi connectivity index (χ1) is 8.81. The molecule has 0 saturated heterocycles. The topological polar surface area (TPSA) is 78.4 Å². The number of carbonyl (C=O) groups is 2. The van der Waals surface area contributed by atoms with Gasteiger partial charge in [-0.3, -0.25) is 0 Å². The summed E-state index contributed by atoms with van der Waals surface area (Å²) in [5.41, 5.74) is 0.509. The molecule has 0 aliphatic carbocycles. The number of amides is 2. The average Bonchev–Trinajstić information content (AvgIpc) is 2.29. The van der Waals surface area contributed by atoms with Crippen LogP contribution < -0.4 is 10.6 Å². The molecule has 0 bridgehead atoms. The molecule has 1 aromatic carbocycles. The SMILES string of the molecule is CC(C)[C@H](NC(=O)Nc1ccc(Cl)cc1Br)C(=O)O. The van der Waals surface area contributed by atoms with Crippen LogP contribution in [0.1, 0.15) is 13.8 Å². The van der Waals surface area contributed by atoms with E-state index in [4.69, 9.17) is 16.7 Å². The highest BCUT2D eigenvalue weighted by atomic mass is 79.9. The van der Waals surface area contributed by atoms with Gasteiger partial charge in [0.2, 0.25) is 0 Å². The smallest absolute Gasteiger partial charge is 0.326 e. The van der Waals surface area contributed by atoms with Crippen LogP contribution >= 0.6 is 27.5 Å². The Hall–Kier alpha value is -1.27. The van der Waals surface area contributed by atoms with E-state index in [9.17, 15) is 9.59 Å². The van der Waals surface area contributed by atoms with Gasteiger partial charge < -0.3 is 15.7 Å². The number of carbonyl (C=O) groups excluding carboxylic acids is 1. The Bertz CT molecular complexity index is 494. The summed E-state index contributed by atoms with van der Waals surface area (Å²) in [6, 6.07) is 3.36. The summed E-state index contributed by atoms with van der Waals surface area (Å²) in [4.78, 5) is 22.7. The fourth-order valence-corrected chi connectivity index (χ4v) is 2.19. The van der Waals surface area contributed by atoms with Crippen molar-refractivity contribution in [1.82, 2.24) is 5.32 Å². The fraction of sp³-hybridized carbons (Fsp3) is 0.333. The Morgan fingerprint density at radius 2 is 2.00 bits per heavy atom. The molecule has 0 saturated carbocycles. The second-order valence-corrected chi connectivity index (χ2v) is 5.57. The first-order valence-corrected chi connectivity index (χ1v) is 6.73. The van der Waals surface area contributed by atoms with Crippen molar-refractivity contribution in [2.45, 2.75) is 19.9 Å². The van der Waals surface area contributed by atoms with Crippen LogP contribution in [0.3, 0.4) is 0 Å². The molecule has 0 unspecified atom stereocenters. The minimum absolute atomic E-state index is 0.211. The van der Waals surface area contributed by atoms with Crippen molar-refractivity contribution in [2.24, 2.45) is 5.92 Å². The quantitative estimate of drug-likeness (QED) is 0.780. The summed E-state index contributed by atoms with van der Waals surface area (Å²) in [6.07, 6.45) is 0. The first kappa shape index (κ1) is 15.8. The Morgan fingerprint density at radius 1 is 1.37 bits per heavy atom. The molecule has 2 amide bonds. The van der Waals surface area contributed by atoms with Crippen molar-refractivity contribution in [3.63, 3.8) is 0 Å². The minimum Gasteiger partial charge on any atom is -0.480 e. The van der Waals surface area contributed by atoms with Gasteiger partial charge in [-0.1, -0.05) is 25.4 Å². The first-order valence-electron chi connectivity index (χ1n) is 5.56. The molecule has 7 heteroatoms. The van der Waals surface area contributed by atoms with Gasteiger partial charge in [0.1, 0.15) is 6.04 Å². The van der Waals surface area contributed by atoms with Gasteiger partial charge in [0.25, 0.3) is 0 Å². The van der Waals surface area contributed by atoms with Gasteiger partial charge in [0.05, 0.1) is 5.69 Å². The summed E-state index contributed by atoms with van der Waals surface area (Å²) in [6.45, 7) is 3.44. The molecule has 1 atom stereocenters. The molecule has 0 aromatic heterocycles. The monoisotopic (exact) mass is 348 g/mol.